The minimum Gasteiger partial charge on any atom is -0.472 e. The SMILES string of the molecule is CC(C)NCC(C)Oc1ccc2ncc(-c3cc4ccccc4o3)n2n1. The van der Waals surface area contributed by atoms with Gasteiger partial charge in [0.1, 0.15) is 17.4 Å². The standard InChI is InChI=1S/C20H22N4O2/c1-13(2)21-11-14(3)25-20-9-8-19-22-12-16(24(19)23-20)18-10-15-6-4-5-7-17(15)26-18/h4-10,12-14,21H,11H2,1-3H3. The number of para-hydroxylation sites is 1. The number of hydrogen-bond acceptors (Lipinski definition) is 5. The zero-order chi connectivity index (χ0) is 18.1. The number of imidazole rings is 1. The van der Waals surface area contributed by atoms with Gasteiger partial charge in [-0.2, -0.15) is 0 Å². The lowest BCUT2D eigenvalue weighted by Gasteiger charge is -2.16. The van der Waals surface area contributed by atoms with Crippen LogP contribution in [0.25, 0.3) is 28.1 Å². The molecule has 0 bridgehead atoms. The zero-order valence-corrected chi connectivity index (χ0v) is 15.1. The van der Waals surface area contributed by atoms with Crippen LogP contribution >= 0.6 is 0 Å². The summed E-state index contributed by atoms with van der Waals surface area (Å²) in [5.74, 6) is 1.30. The van der Waals surface area contributed by atoms with Crippen LogP contribution < -0.4 is 10.1 Å². The van der Waals surface area contributed by atoms with Crippen molar-refractivity contribution >= 4 is 16.6 Å². The topological polar surface area (TPSA) is 64.6 Å². The average Bonchev–Trinajstić information content (AvgIpc) is 3.23. The van der Waals surface area contributed by atoms with Crippen molar-refractivity contribution in [2.75, 3.05) is 6.54 Å². The molecule has 0 aliphatic rings. The van der Waals surface area contributed by atoms with Gasteiger partial charge >= 0.3 is 0 Å². The molecule has 3 heterocycles. The van der Waals surface area contributed by atoms with Gasteiger partial charge in [0, 0.05) is 24.0 Å². The molecule has 6 heteroatoms. The van der Waals surface area contributed by atoms with E-state index >= 15 is 0 Å². The lowest BCUT2D eigenvalue weighted by molar-refractivity contribution is 0.202. The summed E-state index contributed by atoms with van der Waals surface area (Å²) >= 11 is 0. The number of nitrogens with one attached hydrogen (secondary N) is 1. The van der Waals surface area contributed by atoms with E-state index in [1.165, 1.54) is 0 Å². The van der Waals surface area contributed by atoms with Crippen LogP contribution in [0.1, 0.15) is 20.8 Å². The predicted octanol–water partition coefficient (Wildman–Crippen LogP) is 3.91. The average molecular weight is 350 g/mol. The molecule has 0 fully saturated rings. The maximum atomic E-state index is 5.95. The van der Waals surface area contributed by atoms with Crippen LogP contribution in [0.2, 0.25) is 0 Å². The lowest BCUT2D eigenvalue weighted by Crippen LogP contribution is -2.33. The molecule has 26 heavy (non-hydrogen) atoms. The molecular formula is C20H22N4O2. The van der Waals surface area contributed by atoms with Crippen LogP contribution in [-0.2, 0) is 0 Å². The van der Waals surface area contributed by atoms with E-state index in [0.717, 1.165) is 34.6 Å². The monoisotopic (exact) mass is 350 g/mol. The predicted molar refractivity (Wildman–Crippen MR) is 101 cm³/mol. The Bertz CT molecular complexity index is 1000. The molecule has 1 unspecified atom stereocenters. The largest absolute Gasteiger partial charge is 0.472 e. The Morgan fingerprint density at radius 2 is 2.00 bits per heavy atom. The molecule has 1 aromatic carbocycles. The molecule has 0 saturated carbocycles. The van der Waals surface area contributed by atoms with E-state index in [9.17, 15) is 0 Å². The Hall–Kier alpha value is -2.86. The highest BCUT2D eigenvalue weighted by molar-refractivity contribution is 5.82. The van der Waals surface area contributed by atoms with Crippen molar-refractivity contribution in [3.63, 3.8) is 0 Å². The number of furan rings is 1. The quantitative estimate of drug-likeness (QED) is 0.571. The third-order valence-electron chi connectivity index (χ3n) is 4.15. The number of rotatable bonds is 6. The molecular weight excluding hydrogens is 328 g/mol. The second-order valence-corrected chi connectivity index (χ2v) is 6.72. The van der Waals surface area contributed by atoms with Crippen LogP contribution in [0.4, 0.5) is 0 Å². The Balaban J connectivity index is 1.64. The van der Waals surface area contributed by atoms with Crippen molar-refractivity contribution in [3.8, 4) is 17.3 Å². The Labute approximate surface area is 151 Å². The number of hydrogen-bond donors (Lipinski definition) is 1. The molecule has 0 aliphatic heterocycles. The van der Waals surface area contributed by atoms with Crippen LogP contribution in [0.3, 0.4) is 0 Å². The van der Waals surface area contributed by atoms with Crippen molar-refractivity contribution in [2.45, 2.75) is 32.9 Å². The Morgan fingerprint density at radius 1 is 1.15 bits per heavy atom. The minimum atomic E-state index is 0.0144. The molecule has 4 aromatic rings. The van der Waals surface area contributed by atoms with Crippen LogP contribution in [0, 0.1) is 0 Å². The van der Waals surface area contributed by atoms with Gasteiger partial charge in [0.15, 0.2) is 11.4 Å². The van der Waals surface area contributed by atoms with Crippen molar-refractivity contribution in [3.05, 3.63) is 48.7 Å². The molecule has 134 valence electrons. The highest BCUT2D eigenvalue weighted by atomic mass is 16.5. The van der Waals surface area contributed by atoms with E-state index in [1.54, 1.807) is 10.7 Å². The summed E-state index contributed by atoms with van der Waals surface area (Å²) in [5.41, 5.74) is 2.40. The van der Waals surface area contributed by atoms with Crippen molar-refractivity contribution < 1.29 is 9.15 Å². The van der Waals surface area contributed by atoms with E-state index in [1.807, 2.05) is 49.4 Å². The summed E-state index contributed by atoms with van der Waals surface area (Å²) in [7, 11) is 0. The number of fused-ring (bicyclic) bond motifs is 2. The Morgan fingerprint density at radius 3 is 2.81 bits per heavy atom. The fourth-order valence-electron chi connectivity index (χ4n) is 2.84. The zero-order valence-electron chi connectivity index (χ0n) is 15.1. The maximum absolute atomic E-state index is 5.95. The molecule has 0 amide bonds. The van der Waals surface area contributed by atoms with Gasteiger partial charge in [-0.3, -0.25) is 0 Å². The third kappa shape index (κ3) is 3.28. The summed E-state index contributed by atoms with van der Waals surface area (Å²) in [6.45, 7) is 7.01. The van der Waals surface area contributed by atoms with Crippen LogP contribution in [-0.4, -0.2) is 33.3 Å². The van der Waals surface area contributed by atoms with E-state index in [2.05, 4.69) is 29.2 Å². The molecule has 6 nitrogen and oxygen atoms in total. The third-order valence-corrected chi connectivity index (χ3v) is 4.15. The molecule has 0 aliphatic carbocycles. The van der Waals surface area contributed by atoms with Gasteiger partial charge in [0.2, 0.25) is 5.88 Å². The maximum Gasteiger partial charge on any atom is 0.232 e. The van der Waals surface area contributed by atoms with Crippen LogP contribution in [0.5, 0.6) is 5.88 Å². The summed E-state index contributed by atoms with van der Waals surface area (Å²) in [5, 5.41) is 9.01. The first kappa shape index (κ1) is 16.6. The molecule has 0 radical (unpaired) electrons. The van der Waals surface area contributed by atoms with E-state index < -0.39 is 0 Å². The van der Waals surface area contributed by atoms with Crippen LogP contribution in [0.15, 0.2) is 53.1 Å². The number of aromatic nitrogens is 3. The van der Waals surface area contributed by atoms with Gasteiger partial charge in [0.25, 0.3) is 0 Å². The van der Waals surface area contributed by atoms with E-state index in [0.29, 0.717) is 11.9 Å². The minimum absolute atomic E-state index is 0.0144. The number of ether oxygens (including phenoxy) is 1. The lowest BCUT2D eigenvalue weighted by atomic mass is 10.2. The summed E-state index contributed by atoms with van der Waals surface area (Å²) in [4.78, 5) is 4.42. The van der Waals surface area contributed by atoms with Crippen molar-refractivity contribution in [2.24, 2.45) is 0 Å². The number of nitrogens with zero attached hydrogens (tertiary/aromatic N) is 3. The van der Waals surface area contributed by atoms with Gasteiger partial charge < -0.3 is 14.5 Å². The second kappa shape index (κ2) is 6.80. The first-order valence-corrected chi connectivity index (χ1v) is 8.84. The van der Waals surface area contributed by atoms with Gasteiger partial charge in [-0.15, -0.1) is 5.10 Å². The van der Waals surface area contributed by atoms with E-state index in [4.69, 9.17) is 9.15 Å². The van der Waals surface area contributed by atoms with Gasteiger partial charge in [0.05, 0.1) is 6.20 Å². The Kier molecular flexibility index (Phi) is 4.34. The van der Waals surface area contributed by atoms with Gasteiger partial charge in [-0.1, -0.05) is 32.0 Å². The smallest absolute Gasteiger partial charge is 0.232 e. The van der Waals surface area contributed by atoms with Gasteiger partial charge in [-0.05, 0) is 25.1 Å². The van der Waals surface area contributed by atoms with Crippen molar-refractivity contribution in [1.29, 1.82) is 0 Å². The molecule has 3 aromatic heterocycles. The molecule has 1 atom stereocenters. The molecule has 0 saturated heterocycles. The molecule has 4 rings (SSSR count). The fourth-order valence-corrected chi connectivity index (χ4v) is 2.84. The number of benzene rings is 1. The molecule has 1 N–H and O–H groups in total. The van der Waals surface area contributed by atoms with Crippen molar-refractivity contribution in [1.82, 2.24) is 19.9 Å². The highest BCUT2D eigenvalue weighted by Crippen LogP contribution is 2.28. The first-order chi connectivity index (χ1) is 12.6. The normalized spacial score (nSPS) is 12.9. The second-order valence-electron chi connectivity index (χ2n) is 6.72. The summed E-state index contributed by atoms with van der Waals surface area (Å²) in [6.07, 6.45) is 1.79. The van der Waals surface area contributed by atoms with E-state index in [-0.39, 0.29) is 6.10 Å². The summed E-state index contributed by atoms with van der Waals surface area (Å²) < 4.78 is 13.7. The first-order valence-electron chi connectivity index (χ1n) is 8.84. The van der Waals surface area contributed by atoms with Gasteiger partial charge in [-0.25, -0.2) is 9.50 Å². The fraction of sp³-hybridized carbons (Fsp3) is 0.300. The summed E-state index contributed by atoms with van der Waals surface area (Å²) in [6, 6.07) is 14.1. The molecule has 0 spiro atoms. The highest BCUT2D eigenvalue weighted by Gasteiger charge is 2.14.